The van der Waals surface area contributed by atoms with Gasteiger partial charge in [0.05, 0.1) is 11.5 Å². The fourth-order valence-corrected chi connectivity index (χ4v) is 6.46. The molecule has 1 unspecified atom stereocenters. The topological polar surface area (TPSA) is 102 Å². The molecular weight excluding hydrogens is 493 g/mol. The molecule has 3 heterocycles. The number of anilines is 1. The third-order valence-electron chi connectivity index (χ3n) is 5.72. The average molecular weight is 516 g/mol. The van der Waals surface area contributed by atoms with Crippen LogP contribution < -0.4 is 10.1 Å². The fourth-order valence-electron chi connectivity index (χ4n) is 4.10. The molecule has 35 heavy (non-hydrogen) atoms. The summed E-state index contributed by atoms with van der Waals surface area (Å²) in [5.74, 6) is 0.184. The van der Waals surface area contributed by atoms with Gasteiger partial charge in [-0.25, -0.2) is 17.8 Å². The molecule has 0 aliphatic carbocycles. The van der Waals surface area contributed by atoms with E-state index in [1.54, 1.807) is 5.38 Å². The molecule has 1 N–H and O–H groups in total. The van der Waals surface area contributed by atoms with Crippen molar-refractivity contribution in [2.24, 2.45) is 0 Å². The third kappa shape index (κ3) is 4.54. The van der Waals surface area contributed by atoms with Crippen LogP contribution in [0.25, 0.3) is 22.4 Å². The lowest BCUT2D eigenvalue weighted by Crippen LogP contribution is -2.43. The average Bonchev–Trinajstić information content (AvgIpc) is 3.59. The number of hydrogen-bond acceptors (Lipinski definition) is 7. The number of fused-ring (bicyclic) bond motifs is 1. The summed E-state index contributed by atoms with van der Waals surface area (Å²) in [5, 5.41) is 5.70. The van der Waals surface area contributed by atoms with Gasteiger partial charge in [-0.2, -0.15) is 4.31 Å². The maximum Gasteiger partial charge on any atom is 0.244 e. The fraction of sp³-hybridized carbons (Fsp3) is 0.250. The van der Waals surface area contributed by atoms with Gasteiger partial charge < -0.3 is 14.5 Å². The highest BCUT2D eigenvalue weighted by molar-refractivity contribution is 7.89. The number of aromatic nitrogens is 1. The van der Waals surface area contributed by atoms with E-state index in [-0.39, 0.29) is 11.4 Å². The minimum absolute atomic E-state index is 0.0496. The van der Waals surface area contributed by atoms with E-state index < -0.39 is 27.8 Å². The molecule has 1 aliphatic heterocycles. The van der Waals surface area contributed by atoms with Gasteiger partial charge in [-0.15, -0.1) is 11.3 Å². The number of thiazole rings is 1. The van der Waals surface area contributed by atoms with Crippen LogP contribution in [0.1, 0.15) is 19.8 Å². The molecule has 4 aromatic rings. The summed E-state index contributed by atoms with van der Waals surface area (Å²) in [4.78, 5) is 17.4. The van der Waals surface area contributed by atoms with Crippen LogP contribution in [0.15, 0.2) is 63.2 Å². The number of benzene rings is 2. The van der Waals surface area contributed by atoms with Crippen LogP contribution in [-0.2, 0) is 14.8 Å². The third-order valence-corrected chi connectivity index (χ3v) is 8.40. The van der Waals surface area contributed by atoms with Gasteiger partial charge in [-0.05, 0) is 56.2 Å². The number of amides is 1. The number of halogens is 1. The molecule has 2 aromatic heterocycles. The van der Waals surface area contributed by atoms with Crippen molar-refractivity contribution in [2.75, 3.05) is 18.5 Å². The van der Waals surface area contributed by atoms with Gasteiger partial charge in [-0.1, -0.05) is 12.1 Å². The van der Waals surface area contributed by atoms with Crippen molar-refractivity contribution in [3.05, 3.63) is 59.7 Å². The molecule has 1 fully saturated rings. The van der Waals surface area contributed by atoms with Crippen LogP contribution in [-0.4, -0.2) is 42.8 Å². The van der Waals surface area contributed by atoms with Crippen molar-refractivity contribution in [3.8, 4) is 17.2 Å². The zero-order valence-electron chi connectivity index (χ0n) is 18.7. The number of rotatable bonds is 7. The first-order chi connectivity index (χ1) is 16.9. The van der Waals surface area contributed by atoms with E-state index in [4.69, 9.17) is 9.15 Å². The normalized spacial score (nSPS) is 16.6. The molecule has 0 saturated carbocycles. The lowest BCUT2D eigenvalue weighted by Gasteiger charge is -2.23. The Labute approximate surface area is 205 Å². The summed E-state index contributed by atoms with van der Waals surface area (Å²) < 4.78 is 52.1. The Hall–Kier alpha value is -3.28. The molecule has 8 nitrogen and oxygen atoms in total. The Kier molecular flexibility index (Phi) is 6.30. The molecule has 11 heteroatoms. The number of nitrogens with one attached hydrogen (secondary N) is 1. The molecule has 0 bridgehead atoms. The van der Waals surface area contributed by atoms with Crippen molar-refractivity contribution in [1.82, 2.24) is 9.29 Å². The first-order valence-corrected chi connectivity index (χ1v) is 13.4. The van der Waals surface area contributed by atoms with Crippen LogP contribution in [0, 0.1) is 5.82 Å². The Morgan fingerprint density at radius 3 is 2.86 bits per heavy atom. The molecule has 1 saturated heterocycles. The SMILES string of the molecule is CCOc1cccc2cc(-c3csc(NC(=O)C4CCCN4S(=O)(=O)c4ccc(F)cc4)n3)oc12. The van der Waals surface area contributed by atoms with Crippen molar-refractivity contribution in [2.45, 2.75) is 30.7 Å². The molecule has 0 radical (unpaired) electrons. The Morgan fingerprint density at radius 2 is 2.09 bits per heavy atom. The largest absolute Gasteiger partial charge is 0.490 e. The van der Waals surface area contributed by atoms with Gasteiger partial charge in [0.2, 0.25) is 15.9 Å². The second-order valence-electron chi connectivity index (χ2n) is 7.97. The number of furan rings is 1. The van der Waals surface area contributed by atoms with E-state index in [0.29, 0.717) is 47.4 Å². The number of carbonyl (C=O) groups is 1. The van der Waals surface area contributed by atoms with E-state index in [2.05, 4.69) is 10.3 Å². The number of carbonyl (C=O) groups excluding carboxylic acids is 1. The highest BCUT2D eigenvalue weighted by Gasteiger charge is 2.39. The highest BCUT2D eigenvalue weighted by atomic mass is 32.2. The summed E-state index contributed by atoms with van der Waals surface area (Å²) in [6.07, 6.45) is 0.928. The Morgan fingerprint density at radius 1 is 1.29 bits per heavy atom. The smallest absolute Gasteiger partial charge is 0.244 e. The standard InChI is InChI=1S/C24H22FN3O5S2/c1-2-32-20-7-3-5-15-13-21(33-22(15)20)18-14-34-24(26-18)27-23(29)19-6-4-12-28(19)35(30,31)17-10-8-16(25)9-11-17/h3,5,7-11,13-14,19H,2,4,6,12H2,1H3,(H,26,27,29). The monoisotopic (exact) mass is 515 g/mol. The molecule has 2 aromatic carbocycles. The van der Waals surface area contributed by atoms with E-state index in [9.17, 15) is 17.6 Å². The van der Waals surface area contributed by atoms with Gasteiger partial charge in [0.25, 0.3) is 0 Å². The molecule has 1 amide bonds. The Balaban J connectivity index is 1.34. The summed E-state index contributed by atoms with van der Waals surface area (Å²) in [6.45, 7) is 2.62. The van der Waals surface area contributed by atoms with Crippen molar-refractivity contribution in [3.63, 3.8) is 0 Å². The highest BCUT2D eigenvalue weighted by Crippen LogP contribution is 2.35. The van der Waals surface area contributed by atoms with Gasteiger partial charge in [0, 0.05) is 17.3 Å². The van der Waals surface area contributed by atoms with Gasteiger partial charge in [-0.3, -0.25) is 4.79 Å². The van der Waals surface area contributed by atoms with Gasteiger partial charge in [0.1, 0.15) is 17.6 Å². The number of ether oxygens (including phenoxy) is 1. The van der Waals surface area contributed by atoms with E-state index in [0.717, 1.165) is 17.5 Å². The molecule has 5 rings (SSSR count). The van der Waals surface area contributed by atoms with E-state index in [1.165, 1.54) is 27.8 Å². The quantitative estimate of drug-likeness (QED) is 0.376. The minimum atomic E-state index is -3.94. The summed E-state index contributed by atoms with van der Waals surface area (Å²) in [7, 11) is -3.94. The maximum absolute atomic E-state index is 13.2. The molecule has 1 atom stereocenters. The molecule has 182 valence electrons. The predicted octanol–water partition coefficient (Wildman–Crippen LogP) is 4.89. The number of para-hydroxylation sites is 1. The van der Waals surface area contributed by atoms with Crippen LogP contribution in [0.2, 0.25) is 0 Å². The van der Waals surface area contributed by atoms with Crippen molar-refractivity contribution in [1.29, 1.82) is 0 Å². The minimum Gasteiger partial charge on any atom is -0.490 e. The van der Waals surface area contributed by atoms with Crippen LogP contribution in [0.3, 0.4) is 0 Å². The zero-order chi connectivity index (χ0) is 24.6. The molecule has 0 spiro atoms. The van der Waals surface area contributed by atoms with E-state index in [1.807, 2.05) is 31.2 Å². The summed E-state index contributed by atoms with van der Waals surface area (Å²) in [5.41, 5.74) is 1.17. The summed E-state index contributed by atoms with van der Waals surface area (Å²) in [6, 6.07) is 11.2. The summed E-state index contributed by atoms with van der Waals surface area (Å²) >= 11 is 1.22. The number of nitrogens with zero attached hydrogens (tertiary/aromatic N) is 2. The van der Waals surface area contributed by atoms with Gasteiger partial charge in [0.15, 0.2) is 22.2 Å². The van der Waals surface area contributed by atoms with E-state index >= 15 is 0 Å². The first kappa shape index (κ1) is 23.5. The predicted molar refractivity (Wildman–Crippen MR) is 130 cm³/mol. The lowest BCUT2D eigenvalue weighted by atomic mass is 10.2. The van der Waals surface area contributed by atoms with Crippen LogP contribution in [0.5, 0.6) is 5.75 Å². The van der Waals surface area contributed by atoms with Gasteiger partial charge >= 0.3 is 0 Å². The molecular formula is C24H22FN3O5S2. The second-order valence-corrected chi connectivity index (χ2v) is 10.7. The first-order valence-electron chi connectivity index (χ1n) is 11.1. The van der Waals surface area contributed by atoms with Crippen LogP contribution in [0.4, 0.5) is 9.52 Å². The van der Waals surface area contributed by atoms with Crippen molar-refractivity contribution >= 4 is 43.4 Å². The number of sulfonamides is 1. The molecule has 1 aliphatic rings. The number of hydrogen-bond donors (Lipinski definition) is 1. The van der Waals surface area contributed by atoms with Crippen LogP contribution >= 0.6 is 11.3 Å². The Bertz CT molecular complexity index is 1480. The zero-order valence-corrected chi connectivity index (χ0v) is 20.4. The second kappa shape index (κ2) is 9.40. The van der Waals surface area contributed by atoms with Crippen molar-refractivity contribution < 1.29 is 26.8 Å². The maximum atomic E-state index is 13.2. The lowest BCUT2D eigenvalue weighted by molar-refractivity contribution is -0.119.